The minimum absolute atomic E-state index is 0.200. The van der Waals surface area contributed by atoms with E-state index in [2.05, 4.69) is 20.4 Å². The van der Waals surface area contributed by atoms with Crippen LogP contribution >= 0.6 is 0 Å². The molecule has 0 heterocycles. The number of hydrogen-bond donors (Lipinski definition) is 0. The van der Waals surface area contributed by atoms with Crippen molar-refractivity contribution < 1.29 is 4.79 Å². The minimum atomic E-state index is 0.200. The maximum atomic E-state index is 11.5. The van der Waals surface area contributed by atoms with Crippen molar-refractivity contribution in [2.75, 3.05) is 6.54 Å². The van der Waals surface area contributed by atoms with Gasteiger partial charge in [-0.25, -0.2) is 0 Å². The molecule has 0 aliphatic carbocycles. The van der Waals surface area contributed by atoms with E-state index in [-0.39, 0.29) is 5.91 Å². The molecule has 0 saturated heterocycles. The number of carbonyl (C=O) groups excluding carboxylic acids is 1. The molecule has 0 aliphatic rings. The molecule has 82 valence electrons. The Morgan fingerprint density at radius 3 is 2.57 bits per heavy atom. The number of hydrogen-bond acceptors (Lipinski definition) is 1. The Balaban J connectivity index is 3.78. The molecule has 0 radical (unpaired) electrons. The number of carbonyl (C=O) groups is 1. The molecule has 0 atom stereocenters. The van der Waals surface area contributed by atoms with Crippen molar-refractivity contribution in [2.24, 2.45) is 5.92 Å². The van der Waals surface area contributed by atoms with E-state index in [9.17, 15) is 4.79 Å². The Bertz CT molecular complexity index is 175. The van der Waals surface area contributed by atoms with Gasteiger partial charge in [0.15, 0.2) is 0 Å². The molecule has 0 aliphatic heterocycles. The average Bonchev–Trinajstić information content (AvgIpc) is 2.12. The van der Waals surface area contributed by atoms with Crippen LogP contribution in [0.3, 0.4) is 0 Å². The van der Waals surface area contributed by atoms with E-state index in [0.717, 1.165) is 19.4 Å². The summed E-state index contributed by atoms with van der Waals surface area (Å²) in [7, 11) is 0. The normalized spacial score (nSPS) is 10.3. The van der Waals surface area contributed by atoms with Gasteiger partial charge in [-0.3, -0.25) is 4.79 Å². The van der Waals surface area contributed by atoms with Gasteiger partial charge in [0.25, 0.3) is 0 Å². The monoisotopic (exact) mass is 197 g/mol. The molecule has 0 saturated carbocycles. The van der Waals surface area contributed by atoms with Crippen LogP contribution in [0.2, 0.25) is 0 Å². The van der Waals surface area contributed by atoms with Crippen molar-refractivity contribution in [3.63, 3.8) is 0 Å². The first-order valence-corrected chi connectivity index (χ1v) is 5.53. The van der Waals surface area contributed by atoms with Gasteiger partial charge in [0.05, 0.1) is 0 Å². The first kappa shape index (κ1) is 13.2. The summed E-state index contributed by atoms with van der Waals surface area (Å²) in [5.74, 6) is 0.911. The van der Waals surface area contributed by atoms with Gasteiger partial charge in [0, 0.05) is 13.0 Å². The van der Waals surface area contributed by atoms with E-state index in [1.54, 1.807) is 11.1 Å². The van der Waals surface area contributed by atoms with Crippen LogP contribution in [0, 0.1) is 5.92 Å². The predicted molar refractivity (Wildman–Crippen MR) is 60.9 cm³/mol. The van der Waals surface area contributed by atoms with Crippen molar-refractivity contribution in [3.05, 3.63) is 12.8 Å². The first-order valence-electron chi connectivity index (χ1n) is 5.53. The zero-order valence-electron chi connectivity index (χ0n) is 9.75. The van der Waals surface area contributed by atoms with E-state index < -0.39 is 0 Å². The molecular weight excluding hydrogens is 174 g/mol. The molecule has 0 aromatic rings. The number of rotatable bonds is 7. The van der Waals surface area contributed by atoms with Gasteiger partial charge in [0.1, 0.15) is 0 Å². The number of nitrogens with zero attached hydrogens (tertiary/aromatic N) is 1. The molecule has 0 spiro atoms. The van der Waals surface area contributed by atoms with E-state index in [1.807, 2.05) is 6.92 Å². The van der Waals surface area contributed by atoms with Crippen LogP contribution in [0.15, 0.2) is 12.8 Å². The molecule has 2 heteroatoms. The summed E-state index contributed by atoms with van der Waals surface area (Å²) in [4.78, 5) is 13.2. The third kappa shape index (κ3) is 5.79. The summed E-state index contributed by atoms with van der Waals surface area (Å²) in [6.45, 7) is 10.9. The maximum absolute atomic E-state index is 11.5. The average molecular weight is 197 g/mol. The van der Waals surface area contributed by atoms with Crippen molar-refractivity contribution in [2.45, 2.75) is 46.5 Å². The van der Waals surface area contributed by atoms with Gasteiger partial charge >= 0.3 is 0 Å². The summed E-state index contributed by atoms with van der Waals surface area (Å²) in [6.07, 6.45) is 5.43. The zero-order valence-corrected chi connectivity index (χ0v) is 9.75. The fourth-order valence-electron chi connectivity index (χ4n) is 1.35. The molecule has 1 amide bonds. The summed E-state index contributed by atoms with van der Waals surface area (Å²) >= 11 is 0. The standard InChI is InChI=1S/C12H23NO/c1-5-8-12(14)13(6-2)10-7-9-11(3)4/h6,11H,2,5,7-10H2,1,3-4H3. The quantitative estimate of drug-likeness (QED) is 0.613. The highest BCUT2D eigenvalue weighted by Gasteiger charge is 2.08. The van der Waals surface area contributed by atoms with Crippen LogP contribution in [0.5, 0.6) is 0 Å². The van der Waals surface area contributed by atoms with E-state index >= 15 is 0 Å². The molecule has 2 nitrogen and oxygen atoms in total. The molecule has 0 unspecified atom stereocenters. The second-order valence-electron chi connectivity index (χ2n) is 4.06. The molecule has 0 aromatic carbocycles. The fourth-order valence-corrected chi connectivity index (χ4v) is 1.35. The zero-order chi connectivity index (χ0) is 11.0. The predicted octanol–water partition coefficient (Wildman–Crippen LogP) is 3.19. The molecular formula is C12H23NO. The molecule has 14 heavy (non-hydrogen) atoms. The van der Waals surface area contributed by atoms with Gasteiger partial charge < -0.3 is 4.90 Å². The number of amides is 1. The van der Waals surface area contributed by atoms with Crippen molar-refractivity contribution >= 4 is 5.91 Å². The van der Waals surface area contributed by atoms with Crippen LogP contribution in [0.25, 0.3) is 0 Å². The van der Waals surface area contributed by atoms with Crippen molar-refractivity contribution in [1.82, 2.24) is 4.90 Å². The highest BCUT2D eigenvalue weighted by atomic mass is 16.2. The van der Waals surface area contributed by atoms with Crippen molar-refractivity contribution in [3.8, 4) is 0 Å². The summed E-state index contributed by atoms with van der Waals surface area (Å²) in [5.41, 5.74) is 0. The first-order chi connectivity index (χ1) is 6.61. The van der Waals surface area contributed by atoms with Gasteiger partial charge in [-0.2, -0.15) is 0 Å². The molecule has 0 bridgehead atoms. The van der Waals surface area contributed by atoms with E-state index in [4.69, 9.17) is 0 Å². The maximum Gasteiger partial charge on any atom is 0.226 e. The Kier molecular flexibility index (Phi) is 7.17. The minimum Gasteiger partial charge on any atom is -0.320 e. The molecule has 0 N–H and O–H groups in total. The highest BCUT2D eigenvalue weighted by Crippen LogP contribution is 2.06. The van der Waals surface area contributed by atoms with Gasteiger partial charge in [-0.15, -0.1) is 0 Å². The molecule has 0 aromatic heterocycles. The van der Waals surface area contributed by atoms with Gasteiger partial charge in [-0.05, 0) is 31.4 Å². The van der Waals surface area contributed by atoms with E-state index in [0.29, 0.717) is 12.3 Å². The summed E-state index contributed by atoms with van der Waals surface area (Å²) in [6, 6.07) is 0. The second kappa shape index (κ2) is 7.60. The SMILES string of the molecule is C=CN(CCCC(C)C)C(=O)CCC. The van der Waals surface area contributed by atoms with Crippen LogP contribution in [-0.2, 0) is 4.79 Å². The smallest absolute Gasteiger partial charge is 0.226 e. The van der Waals surface area contributed by atoms with Gasteiger partial charge in [0.2, 0.25) is 5.91 Å². The Morgan fingerprint density at radius 2 is 2.14 bits per heavy atom. The van der Waals surface area contributed by atoms with Crippen molar-refractivity contribution in [1.29, 1.82) is 0 Å². The molecule has 0 fully saturated rings. The lowest BCUT2D eigenvalue weighted by Gasteiger charge is -2.18. The van der Waals surface area contributed by atoms with Crippen LogP contribution < -0.4 is 0 Å². The Hall–Kier alpha value is -0.790. The summed E-state index contributed by atoms with van der Waals surface area (Å²) < 4.78 is 0. The summed E-state index contributed by atoms with van der Waals surface area (Å²) in [5, 5.41) is 0. The third-order valence-electron chi connectivity index (χ3n) is 2.19. The fraction of sp³-hybridized carbons (Fsp3) is 0.750. The third-order valence-corrected chi connectivity index (χ3v) is 2.19. The lowest BCUT2D eigenvalue weighted by Crippen LogP contribution is -2.26. The highest BCUT2D eigenvalue weighted by molar-refractivity contribution is 5.77. The lowest BCUT2D eigenvalue weighted by atomic mass is 10.1. The lowest BCUT2D eigenvalue weighted by molar-refractivity contribution is -0.128. The van der Waals surface area contributed by atoms with Crippen LogP contribution in [0.1, 0.15) is 46.5 Å². The van der Waals surface area contributed by atoms with Gasteiger partial charge in [-0.1, -0.05) is 27.4 Å². The van der Waals surface area contributed by atoms with Crippen LogP contribution in [-0.4, -0.2) is 17.4 Å². The largest absolute Gasteiger partial charge is 0.320 e. The Labute approximate surface area is 88.0 Å². The van der Waals surface area contributed by atoms with E-state index in [1.165, 1.54) is 6.42 Å². The topological polar surface area (TPSA) is 20.3 Å². The molecule has 0 rings (SSSR count). The second-order valence-corrected chi connectivity index (χ2v) is 4.06. The Morgan fingerprint density at radius 1 is 1.50 bits per heavy atom. The van der Waals surface area contributed by atoms with Crippen LogP contribution in [0.4, 0.5) is 0 Å².